The lowest BCUT2D eigenvalue weighted by molar-refractivity contribution is 0.206. The minimum absolute atomic E-state index is 0.196. The zero-order valence-electron chi connectivity index (χ0n) is 5.65. The first-order valence-electron chi connectivity index (χ1n) is 2.96. The SMILES string of the molecule is C#CCCN1C(=O)N=NC1=O. The van der Waals surface area contributed by atoms with Gasteiger partial charge in [-0.15, -0.1) is 12.3 Å². The first kappa shape index (κ1) is 7.41. The molecule has 5 nitrogen and oxygen atoms in total. The summed E-state index contributed by atoms with van der Waals surface area (Å²) in [5, 5.41) is 6.09. The second-order valence-corrected chi connectivity index (χ2v) is 1.87. The largest absolute Gasteiger partial charge is 0.370 e. The van der Waals surface area contributed by atoms with Gasteiger partial charge in [0.05, 0.1) is 0 Å². The van der Waals surface area contributed by atoms with Gasteiger partial charge in [0, 0.05) is 13.0 Å². The van der Waals surface area contributed by atoms with E-state index in [1.165, 1.54) is 0 Å². The Morgan fingerprint density at radius 2 is 1.91 bits per heavy atom. The average Bonchev–Trinajstić information content (AvgIpc) is 2.29. The van der Waals surface area contributed by atoms with Crippen molar-refractivity contribution in [3.8, 4) is 12.3 Å². The lowest BCUT2D eigenvalue weighted by atomic mass is 10.4. The zero-order chi connectivity index (χ0) is 8.27. The second kappa shape index (κ2) is 2.92. The summed E-state index contributed by atoms with van der Waals surface area (Å²) in [4.78, 5) is 22.2. The molecule has 0 aliphatic carbocycles. The third kappa shape index (κ3) is 1.41. The molecule has 0 unspecified atom stereocenters. The molecule has 0 N–H and O–H groups in total. The molecular weight excluding hydrogens is 146 g/mol. The normalized spacial score (nSPS) is 15.7. The summed E-state index contributed by atoms with van der Waals surface area (Å²) in [6, 6.07) is -1.27. The number of urea groups is 2. The molecule has 11 heavy (non-hydrogen) atoms. The number of nitrogens with zero attached hydrogens (tertiary/aromatic N) is 3. The summed E-state index contributed by atoms with van der Waals surface area (Å²) in [6.45, 7) is 0.196. The van der Waals surface area contributed by atoms with Crippen molar-refractivity contribution < 1.29 is 9.59 Å². The fraction of sp³-hybridized carbons (Fsp3) is 0.333. The highest BCUT2D eigenvalue weighted by Crippen LogP contribution is 2.06. The Morgan fingerprint density at radius 3 is 2.36 bits per heavy atom. The molecule has 0 spiro atoms. The quantitative estimate of drug-likeness (QED) is 0.553. The number of rotatable bonds is 2. The van der Waals surface area contributed by atoms with Gasteiger partial charge in [-0.2, -0.15) is 0 Å². The van der Waals surface area contributed by atoms with Crippen LogP contribution in [0.4, 0.5) is 9.59 Å². The first-order valence-corrected chi connectivity index (χ1v) is 2.96. The fourth-order valence-corrected chi connectivity index (χ4v) is 0.643. The molecule has 0 saturated carbocycles. The summed E-state index contributed by atoms with van der Waals surface area (Å²) in [5.74, 6) is 2.31. The van der Waals surface area contributed by atoms with E-state index in [4.69, 9.17) is 6.42 Å². The van der Waals surface area contributed by atoms with Gasteiger partial charge in [0.2, 0.25) is 0 Å². The monoisotopic (exact) mass is 151 g/mol. The molecule has 0 aromatic rings. The predicted molar refractivity (Wildman–Crippen MR) is 35.8 cm³/mol. The highest BCUT2D eigenvalue weighted by atomic mass is 16.2. The number of amides is 4. The van der Waals surface area contributed by atoms with Gasteiger partial charge in [-0.25, -0.2) is 14.5 Å². The molecule has 0 radical (unpaired) electrons. The van der Waals surface area contributed by atoms with Crippen LogP contribution < -0.4 is 0 Å². The standard InChI is InChI=1S/C6H5N3O2/c1-2-3-4-9-5(10)7-8-6(9)11/h1H,3-4H2. The second-order valence-electron chi connectivity index (χ2n) is 1.87. The fourth-order valence-electron chi connectivity index (χ4n) is 0.643. The van der Waals surface area contributed by atoms with E-state index in [-0.39, 0.29) is 6.54 Å². The number of imide groups is 1. The predicted octanol–water partition coefficient (Wildman–Crippen LogP) is 1.02. The maximum Gasteiger partial charge on any atom is 0.370 e. The molecule has 1 rings (SSSR count). The maximum atomic E-state index is 10.7. The molecule has 4 amide bonds. The van der Waals surface area contributed by atoms with Crippen molar-refractivity contribution in [1.82, 2.24) is 4.90 Å². The van der Waals surface area contributed by atoms with Crippen molar-refractivity contribution in [2.45, 2.75) is 6.42 Å². The number of hydrogen-bond acceptors (Lipinski definition) is 2. The summed E-state index contributed by atoms with van der Waals surface area (Å²) < 4.78 is 0. The first-order chi connectivity index (χ1) is 5.25. The van der Waals surface area contributed by atoms with Crippen molar-refractivity contribution in [2.75, 3.05) is 6.54 Å². The van der Waals surface area contributed by atoms with Crippen molar-refractivity contribution in [3.63, 3.8) is 0 Å². The van der Waals surface area contributed by atoms with Crippen LogP contribution in [-0.2, 0) is 0 Å². The van der Waals surface area contributed by atoms with E-state index < -0.39 is 12.1 Å². The van der Waals surface area contributed by atoms with Gasteiger partial charge in [0.1, 0.15) is 0 Å². The molecule has 5 heteroatoms. The van der Waals surface area contributed by atoms with Crippen LogP contribution in [0.5, 0.6) is 0 Å². The minimum atomic E-state index is -0.634. The van der Waals surface area contributed by atoms with Crippen LogP contribution in [0, 0.1) is 12.3 Å². The number of terminal acetylenes is 1. The minimum Gasteiger partial charge on any atom is -0.244 e. The molecule has 1 aliphatic rings. The lowest BCUT2D eigenvalue weighted by Crippen LogP contribution is -2.28. The van der Waals surface area contributed by atoms with Gasteiger partial charge in [0.15, 0.2) is 0 Å². The van der Waals surface area contributed by atoms with Crippen LogP contribution in [0.1, 0.15) is 6.42 Å². The molecule has 0 atom stereocenters. The van der Waals surface area contributed by atoms with Gasteiger partial charge in [-0.1, -0.05) is 10.2 Å². The lowest BCUT2D eigenvalue weighted by Gasteiger charge is -2.06. The zero-order valence-corrected chi connectivity index (χ0v) is 5.65. The Bertz CT molecular complexity index is 245. The van der Waals surface area contributed by atoms with E-state index in [0.29, 0.717) is 6.42 Å². The van der Waals surface area contributed by atoms with Gasteiger partial charge in [-0.3, -0.25) is 0 Å². The van der Waals surface area contributed by atoms with Gasteiger partial charge < -0.3 is 0 Å². The maximum absolute atomic E-state index is 10.7. The highest BCUT2D eigenvalue weighted by Gasteiger charge is 2.25. The van der Waals surface area contributed by atoms with Crippen LogP contribution in [0.3, 0.4) is 0 Å². The Hall–Kier alpha value is -1.70. The van der Waals surface area contributed by atoms with Crippen molar-refractivity contribution >= 4 is 12.1 Å². The van der Waals surface area contributed by atoms with Crippen LogP contribution in [-0.4, -0.2) is 23.5 Å². The summed E-state index contributed by atoms with van der Waals surface area (Å²) in [7, 11) is 0. The van der Waals surface area contributed by atoms with Crippen molar-refractivity contribution in [3.05, 3.63) is 0 Å². The smallest absolute Gasteiger partial charge is 0.244 e. The number of hydrogen-bond donors (Lipinski definition) is 0. The van der Waals surface area contributed by atoms with E-state index in [2.05, 4.69) is 16.1 Å². The van der Waals surface area contributed by atoms with E-state index in [1.807, 2.05) is 0 Å². The van der Waals surface area contributed by atoms with Gasteiger partial charge >= 0.3 is 12.1 Å². The molecular formula is C6H5N3O2. The van der Waals surface area contributed by atoms with Crippen LogP contribution in [0.25, 0.3) is 0 Å². The summed E-state index contributed by atoms with van der Waals surface area (Å²) >= 11 is 0. The average molecular weight is 151 g/mol. The molecule has 0 aromatic carbocycles. The molecule has 1 heterocycles. The Morgan fingerprint density at radius 1 is 1.36 bits per heavy atom. The summed E-state index contributed by atoms with van der Waals surface area (Å²) in [5.41, 5.74) is 0. The van der Waals surface area contributed by atoms with E-state index >= 15 is 0 Å². The van der Waals surface area contributed by atoms with E-state index in [0.717, 1.165) is 4.90 Å². The topological polar surface area (TPSA) is 62.1 Å². The van der Waals surface area contributed by atoms with E-state index in [9.17, 15) is 9.59 Å². The molecule has 0 fully saturated rings. The number of azo groups is 1. The summed E-state index contributed by atoms with van der Waals surface area (Å²) in [6.07, 6.45) is 5.27. The Kier molecular flexibility index (Phi) is 1.97. The van der Waals surface area contributed by atoms with Gasteiger partial charge in [-0.05, 0) is 0 Å². The molecule has 0 bridgehead atoms. The third-order valence-electron chi connectivity index (χ3n) is 1.16. The van der Waals surface area contributed by atoms with Crippen molar-refractivity contribution in [2.24, 2.45) is 10.2 Å². The molecule has 0 aromatic heterocycles. The third-order valence-corrected chi connectivity index (χ3v) is 1.16. The van der Waals surface area contributed by atoms with Crippen molar-refractivity contribution in [1.29, 1.82) is 0 Å². The van der Waals surface area contributed by atoms with E-state index in [1.54, 1.807) is 0 Å². The van der Waals surface area contributed by atoms with Gasteiger partial charge in [0.25, 0.3) is 0 Å². The van der Waals surface area contributed by atoms with Crippen LogP contribution >= 0.6 is 0 Å². The number of carbonyl (C=O) groups excluding carboxylic acids is 2. The Balaban J connectivity index is 2.54. The van der Waals surface area contributed by atoms with Crippen LogP contribution in [0.15, 0.2) is 10.2 Å². The molecule has 1 aliphatic heterocycles. The highest BCUT2D eigenvalue weighted by molar-refractivity contribution is 5.98. The van der Waals surface area contributed by atoms with Crippen LogP contribution in [0.2, 0.25) is 0 Å². The Labute approximate surface area is 63.1 Å². The molecule has 56 valence electrons. The molecule has 0 saturated heterocycles. The number of carbonyl (C=O) groups is 2.